The van der Waals surface area contributed by atoms with E-state index in [1.165, 1.54) is 20.2 Å². The number of hydrogen-bond donors (Lipinski definition) is 1. The number of anilines is 1. The van der Waals surface area contributed by atoms with Gasteiger partial charge in [-0.3, -0.25) is 4.79 Å². The predicted octanol–water partition coefficient (Wildman–Crippen LogP) is 4.38. The number of methoxy groups -OCH3 is 1. The van der Waals surface area contributed by atoms with Crippen molar-refractivity contribution in [2.75, 3.05) is 26.0 Å². The largest absolute Gasteiger partial charge is 0.495 e. The number of carbonyl (C=O) groups is 1. The maximum atomic E-state index is 13.0. The lowest BCUT2D eigenvalue weighted by atomic mass is 10.0. The number of ether oxygens (including phenoxy) is 1. The van der Waals surface area contributed by atoms with Crippen LogP contribution in [-0.2, 0) is 14.8 Å². The summed E-state index contributed by atoms with van der Waals surface area (Å²) in [4.78, 5) is 12.3. The van der Waals surface area contributed by atoms with E-state index in [2.05, 4.69) is 5.32 Å². The lowest BCUT2D eigenvalue weighted by Crippen LogP contribution is -2.35. The number of rotatable bonds is 7. The average molecular weight is 445 g/mol. The molecule has 0 aliphatic heterocycles. The minimum atomic E-state index is -3.94. The molecule has 0 atom stereocenters. The van der Waals surface area contributed by atoms with Gasteiger partial charge in [-0.1, -0.05) is 43.1 Å². The Morgan fingerprint density at radius 1 is 1.14 bits per heavy atom. The molecular weight excluding hydrogens is 423 g/mol. The predicted molar refractivity (Wildman–Crippen MR) is 112 cm³/mol. The Bertz CT molecular complexity index is 978. The maximum Gasteiger partial charge on any atom is 0.246 e. The van der Waals surface area contributed by atoms with E-state index in [0.29, 0.717) is 10.7 Å². The van der Waals surface area contributed by atoms with Crippen molar-refractivity contribution >= 4 is 44.8 Å². The van der Waals surface area contributed by atoms with E-state index >= 15 is 0 Å². The van der Waals surface area contributed by atoms with E-state index in [0.717, 1.165) is 9.87 Å². The zero-order valence-electron chi connectivity index (χ0n) is 16.0. The van der Waals surface area contributed by atoms with Crippen LogP contribution >= 0.6 is 23.2 Å². The number of amides is 1. The van der Waals surface area contributed by atoms with Crippen LogP contribution in [-0.4, -0.2) is 39.3 Å². The SMILES string of the molecule is COc1ccc(C(C)C)cc1S(=O)(=O)N(C)CC(=O)Nc1ccc(Cl)c(Cl)c1. The summed E-state index contributed by atoms with van der Waals surface area (Å²) in [5.41, 5.74) is 1.28. The Morgan fingerprint density at radius 3 is 2.39 bits per heavy atom. The van der Waals surface area contributed by atoms with Gasteiger partial charge in [-0.15, -0.1) is 0 Å². The molecule has 9 heteroatoms. The van der Waals surface area contributed by atoms with Crippen LogP contribution in [0, 0.1) is 0 Å². The molecule has 0 aliphatic rings. The van der Waals surface area contributed by atoms with Gasteiger partial charge in [-0.2, -0.15) is 4.31 Å². The first-order chi connectivity index (χ1) is 13.1. The highest BCUT2D eigenvalue weighted by atomic mass is 35.5. The van der Waals surface area contributed by atoms with Gasteiger partial charge in [-0.25, -0.2) is 8.42 Å². The summed E-state index contributed by atoms with van der Waals surface area (Å²) in [6.07, 6.45) is 0. The molecule has 0 aliphatic carbocycles. The first-order valence-electron chi connectivity index (χ1n) is 8.45. The normalized spacial score (nSPS) is 11.7. The maximum absolute atomic E-state index is 13.0. The van der Waals surface area contributed by atoms with Gasteiger partial charge in [0.1, 0.15) is 10.6 Å². The molecule has 28 heavy (non-hydrogen) atoms. The van der Waals surface area contributed by atoms with E-state index in [9.17, 15) is 13.2 Å². The van der Waals surface area contributed by atoms with Gasteiger partial charge >= 0.3 is 0 Å². The molecule has 0 aromatic heterocycles. The molecular formula is C19H22Cl2N2O4S. The number of nitrogens with one attached hydrogen (secondary N) is 1. The third-order valence-corrected chi connectivity index (χ3v) is 6.68. The van der Waals surface area contributed by atoms with Crippen molar-refractivity contribution in [1.29, 1.82) is 0 Å². The lowest BCUT2D eigenvalue weighted by Gasteiger charge is -2.20. The number of sulfonamides is 1. The highest BCUT2D eigenvalue weighted by molar-refractivity contribution is 7.89. The Labute approximate surface area is 175 Å². The average Bonchev–Trinajstić information content (AvgIpc) is 2.63. The Hall–Kier alpha value is -1.80. The monoisotopic (exact) mass is 444 g/mol. The van der Waals surface area contributed by atoms with Crippen LogP contribution in [0.4, 0.5) is 5.69 Å². The summed E-state index contributed by atoms with van der Waals surface area (Å²) in [7, 11) is -1.20. The van der Waals surface area contributed by atoms with Crippen molar-refractivity contribution in [3.63, 3.8) is 0 Å². The molecule has 0 saturated carbocycles. The second-order valence-electron chi connectivity index (χ2n) is 6.50. The van der Waals surface area contributed by atoms with Gasteiger partial charge in [0.2, 0.25) is 15.9 Å². The van der Waals surface area contributed by atoms with Crippen molar-refractivity contribution < 1.29 is 17.9 Å². The van der Waals surface area contributed by atoms with Gasteiger partial charge in [0, 0.05) is 12.7 Å². The van der Waals surface area contributed by atoms with E-state index in [-0.39, 0.29) is 28.1 Å². The highest BCUT2D eigenvalue weighted by Crippen LogP contribution is 2.30. The molecule has 0 unspecified atom stereocenters. The molecule has 0 heterocycles. The summed E-state index contributed by atoms with van der Waals surface area (Å²) in [6, 6.07) is 9.63. The summed E-state index contributed by atoms with van der Waals surface area (Å²) >= 11 is 11.8. The number of benzene rings is 2. The minimum Gasteiger partial charge on any atom is -0.495 e. The summed E-state index contributed by atoms with van der Waals surface area (Å²) in [5, 5.41) is 3.25. The smallest absolute Gasteiger partial charge is 0.246 e. The van der Waals surface area contributed by atoms with Gasteiger partial charge in [0.05, 0.1) is 23.7 Å². The molecule has 0 radical (unpaired) electrons. The fourth-order valence-electron chi connectivity index (χ4n) is 2.48. The van der Waals surface area contributed by atoms with Crippen LogP contribution in [0.2, 0.25) is 10.0 Å². The Balaban J connectivity index is 2.22. The number of nitrogens with zero attached hydrogens (tertiary/aromatic N) is 1. The van der Waals surface area contributed by atoms with Crippen LogP contribution in [0.25, 0.3) is 0 Å². The highest BCUT2D eigenvalue weighted by Gasteiger charge is 2.27. The molecule has 0 saturated heterocycles. The van der Waals surface area contributed by atoms with Gasteiger partial charge in [0.15, 0.2) is 0 Å². The fourth-order valence-corrected chi connectivity index (χ4v) is 4.10. The number of halogens is 2. The van der Waals surface area contributed by atoms with Crippen LogP contribution < -0.4 is 10.1 Å². The van der Waals surface area contributed by atoms with Crippen LogP contribution in [0.1, 0.15) is 25.3 Å². The standard InChI is InChI=1S/C19H22Cl2N2O4S/c1-12(2)13-5-8-17(27-4)18(9-13)28(25,26)23(3)11-19(24)22-14-6-7-15(20)16(21)10-14/h5-10,12H,11H2,1-4H3,(H,22,24). The summed E-state index contributed by atoms with van der Waals surface area (Å²) in [5.74, 6) is -0.146. The van der Waals surface area contributed by atoms with Crippen molar-refractivity contribution in [3.8, 4) is 5.75 Å². The summed E-state index contributed by atoms with van der Waals surface area (Å²) in [6.45, 7) is 3.55. The van der Waals surface area contributed by atoms with Gasteiger partial charge in [-0.05, 0) is 41.8 Å². The fraction of sp³-hybridized carbons (Fsp3) is 0.316. The number of likely N-dealkylation sites (N-methyl/N-ethyl adjacent to an activating group) is 1. The molecule has 2 aromatic carbocycles. The first-order valence-corrected chi connectivity index (χ1v) is 10.6. The molecule has 0 spiro atoms. The topological polar surface area (TPSA) is 75.7 Å². The van der Waals surface area contributed by atoms with Gasteiger partial charge in [0.25, 0.3) is 0 Å². The summed E-state index contributed by atoms with van der Waals surface area (Å²) < 4.78 is 32.2. The zero-order chi connectivity index (χ0) is 21.1. The third-order valence-electron chi connectivity index (χ3n) is 4.11. The second-order valence-corrected chi connectivity index (χ2v) is 9.33. The quantitative estimate of drug-likeness (QED) is 0.686. The second kappa shape index (κ2) is 9.13. The van der Waals surface area contributed by atoms with Crippen molar-refractivity contribution in [3.05, 3.63) is 52.0 Å². The lowest BCUT2D eigenvalue weighted by molar-refractivity contribution is -0.116. The molecule has 6 nitrogen and oxygen atoms in total. The molecule has 2 aromatic rings. The van der Waals surface area contributed by atoms with E-state index < -0.39 is 15.9 Å². The zero-order valence-corrected chi connectivity index (χ0v) is 18.3. The molecule has 1 amide bonds. The molecule has 0 fully saturated rings. The first kappa shape index (κ1) is 22.5. The third kappa shape index (κ3) is 5.17. The number of hydrogen-bond acceptors (Lipinski definition) is 4. The molecule has 152 valence electrons. The molecule has 1 N–H and O–H groups in total. The molecule has 0 bridgehead atoms. The van der Waals surface area contributed by atoms with Crippen molar-refractivity contribution in [1.82, 2.24) is 4.31 Å². The Kier molecular flexibility index (Phi) is 7.33. The van der Waals surface area contributed by atoms with Crippen molar-refractivity contribution in [2.45, 2.75) is 24.7 Å². The van der Waals surface area contributed by atoms with E-state index in [1.807, 2.05) is 19.9 Å². The van der Waals surface area contributed by atoms with Crippen LogP contribution in [0.5, 0.6) is 5.75 Å². The molecule has 2 rings (SSSR count). The van der Waals surface area contributed by atoms with Gasteiger partial charge < -0.3 is 10.1 Å². The minimum absolute atomic E-state index is 0.0195. The van der Waals surface area contributed by atoms with Crippen LogP contribution in [0.15, 0.2) is 41.3 Å². The van der Waals surface area contributed by atoms with Crippen LogP contribution in [0.3, 0.4) is 0 Å². The van der Waals surface area contributed by atoms with E-state index in [4.69, 9.17) is 27.9 Å². The van der Waals surface area contributed by atoms with E-state index in [1.54, 1.807) is 24.3 Å². The van der Waals surface area contributed by atoms with Crippen molar-refractivity contribution in [2.24, 2.45) is 0 Å². The number of carbonyl (C=O) groups excluding carboxylic acids is 1. The Morgan fingerprint density at radius 2 is 1.82 bits per heavy atom.